The van der Waals surface area contributed by atoms with Crippen molar-refractivity contribution in [3.05, 3.63) is 40.6 Å². The van der Waals surface area contributed by atoms with Gasteiger partial charge in [-0.15, -0.1) is 11.6 Å². The molecular formula is C11H6ClNO3. The minimum atomic E-state index is -0.506. The molecule has 0 fully saturated rings. The summed E-state index contributed by atoms with van der Waals surface area (Å²) < 4.78 is 10.5. The van der Waals surface area contributed by atoms with E-state index in [4.69, 9.17) is 20.4 Å². The number of fused-ring (bicyclic) bond motifs is 3. The number of hydrogen-bond donors (Lipinski definition) is 0. The summed E-state index contributed by atoms with van der Waals surface area (Å²) in [5.74, 6) is 0.447. The molecule has 1 aromatic carbocycles. The van der Waals surface area contributed by atoms with Crippen molar-refractivity contribution in [2.24, 2.45) is 0 Å². The summed E-state index contributed by atoms with van der Waals surface area (Å²) in [7, 11) is 0. The molecule has 0 bridgehead atoms. The quantitative estimate of drug-likeness (QED) is 0.481. The molecule has 0 N–H and O–H groups in total. The van der Waals surface area contributed by atoms with Gasteiger partial charge in [0.25, 0.3) is 0 Å². The van der Waals surface area contributed by atoms with E-state index in [2.05, 4.69) is 4.98 Å². The van der Waals surface area contributed by atoms with Crippen LogP contribution in [0, 0.1) is 0 Å². The van der Waals surface area contributed by atoms with Crippen molar-refractivity contribution < 1.29 is 8.83 Å². The minimum Gasteiger partial charge on any atom is -0.438 e. The molecule has 0 aliphatic rings. The Balaban J connectivity index is 2.57. The Bertz CT molecular complexity index is 729. The van der Waals surface area contributed by atoms with E-state index < -0.39 is 5.63 Å². The zero-order valence-electron chi connectivity index (χ0n) is 8.07. The Morgan fingerprint density at radius 1 is 1.25 bits per heavy atom. The zero-order valence-corrected chi connectivity index (χ0v) is 8.82. The van der Waals surface area contributed by atoms with Gasteiger partial charge in [0.05, 0.1) is 11.3 Å². The van der Waals surface area contributed by atoms with Gasteiger partial charge in [-0.25, -0.2) is 9.78 Å². The Morgan fingerprint density at radius 2 is 2.06 bits per heavy atom. The van der Waals surface area contributed by atoms with E-state index in [1.807, 2.05) is 12.1 Å². The van der Waals surface area contributed by atoms with Crippen molar-refractivity contribution in [1.82, 2.24) is 4.98 Å². The number of halogens is 1. The lowest BCUT2D eigenvalue weighted by molar-refractivity contribution is 0.552. The summed E-state index contributed by atoms with van der Waals surface area (Å²) in [5.41, 5.74) is 0.600. The first kappa shape index (κ1) is 9.42. The third-order valence-corrected chi connectivity index (χ3v) is 2.54. The molecule has 0 aliphatic heterocycles. The van der Waals surface area contributed by atoms with Gasteiger partial charge in [-0.1, -0.05) is 12.1 Å². The topological polar surface area (TPSA) is 56.2 Å². The van der Waals surface area contributed by atoms with Gasteiger partial charge in [0.15, 0.2) is 11.1 Å². The molecule has 0 saturated carbocycles. The molecule has 2 aromatic heterocycles. The summed E-state index contributed by atoms with van der Waals surface area (Å²) in [6.07, 6.45) is 0. The molecular weight excluding hydrogens is 230 g/mol. The predicted molar refractivity (Wildman–Crippen MR) is 59.6 cm³/mol. The highest BCUT2D eigenvalue weighted by molar-refractivity contribution is 6.16. The smallest absolute Gasteiger partial charge is 0.366 e. The summed E-state index contributed by atoms with van der Waals surface area (Å²) >= 11 is 5.61. The maximum absolute atomic E-state index is 11.6. The van der Waals surface area contributed by atoms with Crippen LogP contribution in [0.15, 0.2) is 37.9 Å². The van der Waals surface area contributed by atoms with Crippen LogP contribution >= 0.6 is 11.6 Å². The fourth-order valence-corrected chi connectivity index (χ4v) is 1.75. The van der Waals surface area contributed by atoms with Crippen LogP contribution in [0.2, 0.25) is 0 Å². The lowest BCUT2D eigenvalue weighted by Gasteiger charge is -1.94. The van der Waals surface area contributed by atoms with Crippen LogP contribution in [-0.4, -0.2) is 4.98 Å². The van der Waals surface area contributed by atoms with Gasteiger partial charge in [0.1, 0.15) is 5.58 Å². The molecule has 5 heteroatoms. The second kappa shape index (κ2) is 3.35. The maximum Gasteiger partial charge on any atom is 0.366 e. The number of hydrogen-bond acceptors (Lipinski definition) is 4. The van der Waals surface area contributed by atoms with Crippen molar-refractivity contribution >= 4 is 33.7 Å². The monoisotopic (exact) mass is 235 g/mol. The fraction of sp³-hybridized carbons (Fsp3) is 0.0909. The molecule has 0 spiro atoms. The van der Waals surface area contributed by atoms with E-state index in [1.54, 1.807) is 12.1 Å². The lowest BCUT2D eigenvalue weighted by Crippen LogP contribution is -1.99. The van der Waals surface area contributed by atoms with Gasteiger partial charge >= 0.3 is 5.63 Å². The molecule has 0 unspecified atom stereocenters. The highest BCUT2D eigenvalue weighted by atomic mass is 35.5. The van der Waals surface area contributed by atoms with Crippen LogP contribution in [0.5, 0.6) is 0 Å². The molecule has 0 amide bonds. The Kier molecular flexibility index (Phi) is 1.97. The van der Waals surface area contributed by atoms with Crippen LogP contribution in [0.1, 0.15) is 5.89 Å². The number of rotatable bonds is 1. The summed E-state index contributed by atoms with van der Waals surface area (Å²) in [5, 5.41) is 0.723. The van der Waals surface area contributed by atoms with Crippen LogP contribution in [0.3, 0.4) is 0 Å². The average Bonchev–Trinajstić information content (AvgIpc) is 2.74. The molecule has 0 aliphatic carbocycles. The van der Waals surface area contributed by atoms with Crippen LogP contribution in [-0.2, 0) is 5.88 Å². The van der Waals surface area contributed by atoms with Crippen molar-refractivity contribution in [2.75, 3.05) is 0 Å². The standard InChI is InChI=1S/C11H6ClNO3/c12-5-8-13-9-10(16-8)6-3-1-2-4-7(6)15-11(9)14/h1-4H,5H2. The molecule has 0 atom stereocenters. The Morgan fingerprint density at radius 3 is 2.88 bits per heavy atom. The first-order chi connectivity index (χ1) is 7.79. The molecule has 3 rings (SSSR count). The Hall–Kier alpha value is -1.81. The van der Waals surface area contributed by atoms with E-state index in [1.165, 1.54) is 0 Å². The second-order valence-electron chi connectivity index (χ2n) is 3.30. The van der Waals surface area contributed by atoms with Crippen LogP contribution in [0.25, 0.3) is 22.1 Å². The number of alkyl halides is 1. The second-order valence-corrected chi connectivity index (χ2v) is 3.57. The fourth-order valence-electron chi connectivity index (χ4n) is 1.63. The van der Waals surface area contributed by atoms with Gasteiger partial charge in [0.2, 0.25) is 5.89 Å². The van der Waals surface area contributed by atoms with Crippen molar-refractivity contribution in [1.29, 1.82) is 0 Å². The van der Waals surface area contributed by atoms with E-state index in [0.717, 1.165) is 5.39 Å². The van der Waals surface area contributed by atoms with Crippen LogP contribution < -0.4 is 5.63 Å². The van der Waals surface area contributed by atoms with Crippen molar-refractivity contribution in [3.63, 3.8) is 0 Å². The lowest BCUT2D eigenvalue weighted by atomic mass is 10.2. The van der Waals surface area contributed by atoms with Crippen LogP contribution in [0.4, 0.5) is 0 Å². The third kappa shape index (κ3) is 1.23. The molecule has 0 saturated heterocycles. The summed E-state index contributed by atoms with van der Waals surface area (Å²) in [4.78, 5) is 15.6. The predicted octanol–water partition coefficient (Wildman–Crippen LogP) is 2.67. The van der Waals surface area contributed by atoms with E-state index in [-0.39, 0.29) is 11.4 Å². The minimum absolute atomic E-state index is 0.127. The normalized spacial score (nSPS) is 11.3. The third-order valence-electron chi connectivity index (χ3n) is 2.31. The molecule has 3 aromatic rings. The van der Waals surface area contributed by atoms with Crippen molar-refractivity contribution in [2.45, 2.75) is 5.88 Å². The average molecular weight is 236 g/mol. The van der Waals surface area contributed by atoms with Gasteiger partial charge in [-0.2, -0.15) is 0 Å². The van der Waals surface area contributed by atoms with E-state index in [0.29, 0.717) is 17.1 Å². The van der Waals surface area contributed by atoms with Gasteiger partial charge in [-0.3, -0.25) is 0 Å². The van der Waals surface area contributed by atoms with Gasteiger partial charge < -0.3 is 8.83 Å². The van der Waals surface area contributed by atoms with Crippen molar-refractivity contribution in [3.8, 4) is 0 Å². The summed E-state index contributed by atoms with van der Waals surface area (Å²) in [6.45, 7) is 0. The maximum atomic E-state index is 11.6. The first-order valence-corrected chi connectivity index (χ1v) is 5.20. The first-order valence-electron chi connectivity index (χ1n) is 4.67. The summed E-state index contributed by atoms with van der Waals surface area (Å²) in [6, 6.07) is 7.14. The molecule has 80 valence electrons. The molecule has 0 radical (unpaired) electrons. The van der Waals surface area contributed by atoms with E-state index in [9.17, 15) is 4.79 Å². The SMILES string of the molecule is O=c1oc2ccccc2c2oc(CCl)nc12. The largest absolute Gasteiger partial charge is 0.438 e. The number of oxazole rings is 1. The Labute approximate surface area is 94.4 Å². The van der Waals surface area contributed by atoms with E-state index >= 15 is 0 Å². The van der Waals surface area contributed by atoms with Gasteiger partial charge in [0, 0.05) is 0 Å². The molecule has 16 heavy (non-hydrogen) atoms. The number of aromatic nitrogens is 1. The number of nitrogens with zero attached hydrogens (tertiary/aromatic N) is 1. The number of benzene rings is 1. The van der Waals surface area contributed by atoms with Gasteiger partial charge in [-0.05, 0) is 12.1 Å². The molecule has 4 nitrogen and oxygen atoms in total. The highest BCUT2D eigenvalue weighted by Gasteiger charge is 2.13. The zero-order chi connectivity index (χ0) is 11.1. The highest BCUT2D eigenvalue weighted by Crippen LogP contribution is 2.23. The number of para-hydroxylation sites is 1. The molecule has 2 heterocycles.